The number of carbonyl (C=O) groups is 1. The van der Waals surface area contributed by atoms with Crippen molar-refractivity contribution >= 4 is 11.7 Å². The van der Waals surface area contributed by atoms with E-state index in [9.17, 15) is 9.18 Å². The Morgan fingerprint density at radius 3 is 2.80 bits per heavy atom. The average Bonchev–Trinajstić information content (AvgIpc) is 3.25. The molecule has 30 heavy (non-hydrogen) atoms. The Morgan fingerprint density at radius 2 is 2.00 bits per heavy atom. The van der Waals surface area contributed by atoms with Gasteiger partial charge in [-0.05, 0) is 49.2 Å². The van der Waals surface area contributed by atoms with Crippen LogP contribution in [0.15, 0.2) is 59.1 Å². The highest BCUT2D eigenvalue weighted by Crippen LogP contribution is 2.26. The second-order valence-corrected chi connectivity index (χ2v) is 7.18. The second kappa shape index (κ2) is 9.39. The SMILES string of the molecule is O=C(Nc1ccccc1)N1CCCC(c2nc(CCOc3ccc(F)cc3)no2)C1. The number of aromatic nitrogens is 2. The largest absolute Gasteiger partial charge is 0.493 e. The molecule has 3 aromatic rings. The van der Waals surface area contributed by atoms with Gasteiger partial charge in [0.05, 0.1) is 12.5 Å². The minimum Gasteiger partial charge on any atom is -0.493 e. The van der Waals surface area contributed by atoms with Crippen LogP contribution in [0.1, 0.15) is 30.5 Å². The monoisotopic (exact) mass is 410 g/mol. The Labute approximate surface area is 173 Å². The Hall–Kier alpha value is -3.42. The standard InChI is InChI=1S/C22H23FN4O3/c23-17-8-10-19(11-9-17)29-14-12-20-25-21(30-26-20)16-5-4-13-27(15-16)22(28)24-18-6-2-1-3-7-18/h1-3,6-11,16H,4-5,12-15H2,(H,24,28). The number of rotatable bonds is 6. The number of likely N-dealkylation sites (tertiary alicyclic amines) is 1. The first-order valence-electron chi connectivity index (χ1n) is 9.99. The summed E-state index contributed by atoms with van der Waals surface area (Å²) < 4.78 is 23.9. The molecule has 1 saturated heterocycles. The number of para-hydroxylation sites is 1. The quantitative estimate of drug-likeness (QED) is 0.657. The molecular weight excluding hydrogens is 387 g/mol. The number of hydrogen-bond acceptors (Lipinski definition) is 5. The van der Waals surface area contributed by atoms with Crippen molar-refractivity contribution in [3.8, 4) is 5.75 Å². The normalized spacial score (nSPS) is 16.3. The molecule has 8 heteroatoms. The lowest BCUT2D eigenvalue weighted by atomic mass is 9.98. The maximum atomic E-state index is 12.9. The van der Waals surface area contributed by atoms with Crippen LogP contribution in [0.3, 0.4) is 0 Å². The maximum absolute atomic E-state index is 12.9. The topological polar surface area (TPSA) is 80.5 Å². The highest BCUT2D eigenvalue weighted by molar-refractivity contribution is 5.89. The third kappa shape index (κ3) is 5.14. The number of ether oxygens (including phenoxy) is 1. The number of anilines is 1. The predicted octanol–water partition coefficient (Wildman–Crippen LogP) is 4.24. The highest BCUT2D eigenvalue weighted by Gasteiger charge is 2.28. The van der Waals surface area contributed by atoms with Gasteiger partial charge in [-0.2, -0.15) is 4.98 Å². The summed E-state index contributed by atoms with van der Waals surface area (Å²) in [6.07, 6.45) is 2.24. The first-order chi connectivity index (χ1) is 14.7. The molecule has 4 rings (SSSR count). The number of carbonyl (C=O) groups excluding carboxylic acids is 1. The van der Waals surface area contributed by atoms with E-state index < -0.39 is 0 Å². The van der Waals surface area contributed by atoms with Crippen LogP contribution in [-0.4, -0.2) is 40.8 Å². The third-order valence-electron chi connectivity index (χ3n) is 4.97. The minimum absolute atomic E-state index is 0.0135. The Balaban J connectivity index is 1.29. The zero-order valence-electron chi connectivity index (χ0n) is 16.5. The number of nitrogens with zero attached hydrogens (tertiary/aromatic N) is 3. The van der Waals surface area contributed by atoms with Gasteiger partial charge in [0.2, 0.25) is 5.89 Å². The summed E-state index contributed by atoms with van der Waals surface area (Å²) >= 11 is 0. The molecule has 7 nitrogen and oxygen atoms in total. The lowest BCUT2D eigenvalue weighted by Crippen LogP contribution is -2.41. The van der Waals surface area contributed by atoms with Crippen LogP contribution in [0, 0.1) is 5.82 Å². The predicted molar refractivity (Wildman–Crippen MR) is 109 cm³/mol. The van der Waals surface area contributed by atoms with E-state index in [0.717, 1.165) is 18.5 Å². The van der Waals surface area contributed by atoms with Crippen LogP contribution in [0.25, 0.3) is 0 Å². The molecule has 0 radical (unpaired) electrons. The van der Waals surface area contributed by atoms with Gasteiger partial charge in [-0.1, -0.05) is 23.4 Å². The van der Waals surface area contributed by atoms with Crippen LogP contribution < -0.4 is 10.1 Å². The molecule has 0 saturated carbocycles. The average molecular weight is 410 g/mol. The molecule has 1 aliphatic heterocycles. The third-order valence-corrected chi connectivity index (χ3v) is 4.97. The lowest BCUT2D eigenvalue weighted by molar-refractivity contribution is 0.184. The highest BCUT2D eigenvalue weighted by atomic mass is 19.1. The molecule has 2 heterocycles. The van der Waals surface area contributed by atoms with Gasteiger partial charge in [-0.3, -0.25) is 0 Å². The van der Waals surface area contributed by atoms with Crippen molar-refractivity contribution in [1.29, 1.82) is 0 Å². The minimum atomic E-state index is -0.302. The first-order valence-corrected chi connectivity index (χ1v) is 9.99. The van der Waals surface area contributed by atoms with E-state index in [-0.39, 0.29) is 17.8 Å². The van der Waals surface area contributed by atoms with E-state index in [1.165, 1.54) is 12.1 Å². The molecule has 0 spiro atoms. The summed E-state index contributed by atoms with van der Waals surface area (Å²) in [5, 5.41) is 6.95. The summed E-state index contributed by atoms with van der Waals surface area (Å²) in [7, 11) is 0. The van der Waals surface area contributed by atoms with Gasteiger partial charge in [0.15, 0.2) is 5.82 Å². The van der Waals surface area contributed by atoms with Crippen molar-refractivity contribution in [2.24, 2.45) is 0 Å². The number of hydrogen-bond donors (Lipinski definition) is 1. The summed E-state index contributed by atoms with van der Waals surface area (Å²) in [5.41, 5.74) is 0.769. The number of benzene rings is 2. The fraction of sp³-hybridized carbons (Fsp3) is 0.318. The van der Waals surface area contributed by atoms with Crippen LogP contribution in [-0.2, 0) is 6.42 Å². The van der Waals surface area contributed by atoms with Gasteiger partial charge < -0.3 is 19.5 Å². The smallest absolute Gasteiger partial charge is 0.321 e. The molecule has 156 valence electrons. The Bertz CT molecular complexity index is 962. The van der Waals surface area contributed by atoms with E-state index in [1.54, 1.807) is 17.0 Å². The number of nitrogens with one attached hydrogen (secondary N) is 1. The van der Waals surface area contributed by atoms with Gasteiger partial charge in [-0.15, -0.1) is 0 Å². The summed E-state index contributed by atoms with van der Waals surface area (Å²) in [5.74, 6) is 1.40. The first kappa shape index (κ1) is 19.9. The number of urea groups is 1. The molecule has 2 amide bonds. The number of halogens is 1. The Kier molecular flexibility index (Phi) is 6.22. The maximum Gasteiger partial charge on any atom is 0.321 e. The van der Waals surface area contributed by atoms with Crippen molar-refractivity contribution in [3.05, 3.63) is 72.1 Å². The number of amides is 2. The van der Waals surface area contributed by atoms with Crippen LogP contribution in [0.4, 0.5) is 14.9 Å². The lowest BCUT2D eigenvalue weighted by Gasteiger charge is -2.31. The Morgan fingerprint density at radius 1 is 1.20 bits per heavy atom. The number of piperidine rings is 1. The van der Waals surface area contributed by atoms with Crippen molar-refractivity contribution < 1.29 is 18.4 Å². The summed E-state index contributed by atoms with van der Waals surface area (Å²) in [6.45, 7) is 1.59. The second-order valence-electron chi connectivity index (χ2n) is 7.18. The molecule has 1 unspecified atom stereocenters. The van der Waals surface area contributed by atoms with Crippen molar-refractivity contribution in [2.75, 3.05) is 25.0 Å². The molecule has 1 aromatic heterocycles. The molecule has 1 fully saturated rings. The van der Waals surface area contributed by atoms with E-state index in [1.807, 2.05) is 30.3 Å². The van der Waals surface area contributed by atoms with E-state index >= 15 is 0 Å². The van der Waals surface area contributed by atoms with Crippen LogP contribution >= 0.6 is 0 Å². The van der Waals surface area contributed by atoms with E-state index in [0.29, 0.717) is 43.6 Å². The zero-order valence-corrected chi connectivity index (χ0v) is 16.5. The fourth-order valence-electron chi connectivity index (χ4n) is 3.41. The van der Waals surface area contributed by atoms with Crippen molar-refractivity contribution in [2.45, 2.75) is 25.2 Å². The molecule has 0 bridgehead atoms. The van der Waals surface area contributed by atoms with E-state index in [4.69, 9.17) is 9.26 Å². The summed E-state index contributed by atoms with van der Waals surface area (Å²) in [6, 6.07) is 15.1. The van der Waals surface area contributed by atoms with Crippen LogP contribution in [0.5, 0.6) is 5.75 Å². The summed E-state index contributed by atoms with van der Waals surface area (Å²) in [4.78, 5) is 18.8. The molecule has 1 N–H and O–H groups in total. The van der Waals surface area contributed by atoms with Gasteiger partial charge in [0.25, 0.3) is 0 Å². The molecule has 2 aromatic carbocycles. The van der Waals surface area contributed by atoms with Gasteiger partial charge in [0, 0.05) is 25.2 Å². The molecule has 1 atom stereocenters. The molecule has 1 aliphatic rings. The van der Waals surface area contributed by atoms with Crippen molar-refractivity contribution in [3.63, 3.8) is 0 Å². The van der Waals surface area contributed by atoms with Gasteiger partial charge in [-0.25, -0.2) is 9.18 Å². The van der Waals surface area contributed by atoms with Gasteiger partial charge >= 0.3 is 6.03 Å². The van der Waals surface area contributed by atoms with Gasteiger partial charge in [0.1, 0.15) is 11.6 Å². The van der Waals surface area contributed by atoms with Crippen LogP contribution in [0.2, 0.25) is 0 Å². The van der Waals surface area contributed by atoms with E-state index in [2.05, 4.69) is 15.5 Å². The van der Waals surface area contributed by atoms with Crippen molar-refractivity contribution in [1.82, 2.24) is 15.0 Å². The molecular formula is C22H23FN4O3. The fourth-order valence-corrected chi connectivity index (χ4v) is 3.41. The molecule has 0 aliphatic carbocycles. The zero-order chi connectivity index (χ0) is 20.8.